The SMILES string of the molecule is Cc1ccc(S(=O)(=O)Oc2cc(-n3nc4c(S(=O)(=O)[O-])cc5cc(SOO[O-])ccc5c4n3)c(OS(=O)(=O)c3ccc(C)cc3)cc2-c2nc3ccc4ccccc4c3o2)cc1.[Na+].[Na+]. The Kier molecular flexibility index (Phi) is 13.7. The van der Waals surface area contributed by atoms with Crippen LogP contribution in [0.5, 0.6) is 11.5 Å². The Labute approximate surface area is 412 Å². The first-order valence-electron chi connectivity index (χ1n) is 18.0. The van der Waals surface area contributed by atoms with Crippen molar-refractivity contribution in [2.24, 2.45) is 0 Å². The van der Waals surface area contributed by atoms with Gasteiger partial charge < -0.3 is 22.6 Å². The molecule has 64 heavy (non-hydrogen) atoms. The average molecular weight is 957 g/mol. The van der Waals surface area contributed by atoms with Gasteiger partial charge >= 0.3 is 79.4 Å². The molecule has 0 spiro atoms. The molecule has 0 aliphatic rings. The fraction of sp³-hybridized carbons (Fsp3) is 0.0488. The number of hydrogen-bond donors (Lipinski definition) is 0. The van der Waals surface area contributed by atoms with E-state index in [2.05, 4.69) is 24.6 Å². The normalized spacial score (nSPS) is 12.1. The van der Waals surface area contributed by atoms with E-state index in [9.17, 15) is 35.1 Å². The van der Waals surface area contributed by atoms with E-state index in [1.54, 1.807) is 56.3 Å². The van der Waals surface area contributed by atoms with E-state index in [0.29, 0.717) is 28.5 Å². The number of aromatic nitrogens is 4. The van der Waals surface area contributed by atoms with Gasteiger partial charge in [-0.15, -0.1) is 15.0 Å². The second kappa shape index (κ2) is 18.5. The summed E-state index contributed by atoms with van der Waals surface area (Å²) < 4.78 is 116. The van der Waals surface area contributed by atoms with Gasteiger partial charge in [0.25, 0.3) is 0 Å². The molecule has 0 aliphatic carbocycles. The van der Waals surface area contributed by atoms with Gasteiger partial charge in [-0.1, -0.05) is 71.8 Å². The van der Waals surface area contributed by atoms with Gasteiger partial charge in [0.2, 0.25) is 5.89 Å². The van der Waals surface area contributed by atoms with Gasteiger partial charge in [-0.25, -0.2) is 13.4 Å². The molecule has 0 amide bonds. The monoisotopic (exact) mass is 956 g/mol. The molecule has 7 aromatic carbocycles. The number of hydrogen-bond acceptors (Lipinski definition) is 17. The zero-order chi connectivity index (χ0) is 43.6. The Balaban J connectivity index is 0.00000306. The Morgan fingerprint density at radius 2 is 1.28 bits per heavy atom. The van der Waals surface area contributed by atoms with Crippen LogP contribution < -0.4 is 72.7 Å². The van der Waals surface area contributed by atoms with Crippen molar-refractivity contribution < 1.29 is 116 Å². The molecule has 314 valence electrons. The van der Waals surface area contributed by atoms with Crippen molar-refractivity contribution >= 4 is 86.1 Å². The number of fused-ring (bicyclic) bond motifs is 6. The summed E-state index contributed by atoms with van der Waals surface area (Å²) in [7, 11) is -14.6. The van der Waals surface area contributed by atoms with Crippen LogP contribution in [-0.2, 0) is 39.7 Å². The van der Waals surface area contributed by atoms with Gasteiger partial charge in [-0.3, -0.25) is 5.04 Å². The van der Waals surface area contributed by atoms with Crippen LogP contribution in [0.4, 0.5) is 0 Å². The largest absolute Gasteiger partial charge is 1.00 e. The number of aryl methyl sites for hydroxylation is 2. The molecule has 9 aromatic rings. The Hall–Kier alpha value is -4.43. The molecule has 0 unspecified atom stereocenters. The van der Waals surface area contributed by atoms with Crippen molar-refractivity contribution in [2.75, 3.05) is 0 Å². The molecule has 0 fully saturated rings. The van der Waals surface area contributed by atoms with Crippen molar-refractivity contribution in [1.82, 2.24) is 20.0 Å². The van der Waals surface area contributed by atoms with Crippen LogP contribution in [0.15, 0.2) is 145 Å². The zero-order valence-electron chi connectivity index (χ0n) is 33.8. The Morgan fingerprint density at radius 3 is 1.92 bits per heavy atom. The van der Waals surface area contributed by atoms with Crippen molar-refractivity contribution in [2.45, 2.75) is 33.4 Å². The van der Waals surface area contributed by atoms with Gasteiger partial charge in [0, 0.05) is 27.8 Å². The summed E-state index contributed by atoms with van der Waals surface area (Å²) in [6, 6.07) is 30.0. The van der Waals surface area contributed by atoms with Gasteiger partial charge in [0.05, 0.1) is 22.5 Å². The van der Waals surface area contributed by atoms with Crippen LogP contribution >= 0.6 is 12.0 Å². The minimum atomic E-state index is -5.27. The standard InChI is InChI=1S/C41H28N4O13S4.2Na/c1-23-7-13-28(14-8-23)61(50,51)55-35-22-34(45-43-38-30-17-12-27(59-58-57-46)19-26(30)20-37(39(38)44-45)60(47,48)49)36(56-62(52,53)29-15-9-24(2)10-16-29)21-32(35)41-42-33-18-11-25-5-3-4-6-31(25)40(33)54-41;;/h3-22,46H,1-2H3,(H,47,48,49);;/q;2*+1/p-2. The maximum atomic E-state index is 14.0. The Bertz CT molecular complexity index is 3610. The molecule has 9 rings (SSSR count). The maximum absolute atomic E-state index is 14.0. The van der Waals surface area contributed by atoms with Crippen LogP contribution in [0.1, 0.15) is 11.1 Å². The fourth-order valence-corrected chi connectivity index (χ4v) is 9.59. The summed E-state index contributed by atoms with van der Waals surface area (Å²) in [4.78, 5) is 4.40. The molecule has 2 heterocycles. The van der Waals surface area contributed by atoms with E-state index in [1.165, 1.54) is 42.5 Å². The minimum Gasteiger partial charge on any atom is -0.744 e. The van der Waals surface area contributed by atoms with E-state index in [4.69, 9.17) is 12.8 Å². The van der Waals surface area contributed by atoms with Crippen molar-refractivity contribution in [1.29, 1.82) is 0 Å². The number of benzene rings is 7. The molecule has 0 atom stereocenters. The summed E-state index contributed by atoms with van der Waals surface area (Å²) in [6.07, 6.45) is 0. The molecule has 0 bridgehead atoms. The van der Waals surface area contributed by atoms with E-state index >= 15 is 0 Å². The average Bonchev–Trinajstić information content (AvgIpc) is 3.88. The summed E-state index contributed by atoms with van der Waals surface area (Å²) in [5, 5.41) is 24.6. The molecule has 0 saturated carbocycles. The van der Waals surface area contributed by atoms with Crippen molar-refractivity contribution in [3.63, 3.8) is 0 Å². The molecule has 0 aliphatic heterocycles. The predicted molar refractivity (Wildman–Crippen MR) is 221 cm³/mol. The van der Waals surface area contributed by atoms with Gasteiger partial charge in [-0.2, -0.15) is 21.2 Å². The third-order valence-corrected chi connectivity index (χ3v) is 13.6. The van der Waals surface area contributed by atoms with Gasteiger partial charge in [0.1, 0.15) is 42.1 Å². The Morgan fingerprint density at radius 1 is 0.656 bits per heavy atom. The first-order chi connectivity index (χ1) is 29.6. The summed E-state index contributed by atoms with van der Waals surface area (Å²) in [5.74, 6) is -1.17. The van der Waals surface area contributed by atoms with Crippen LogP contribution in [0.3, 0.4) is 0 Å². The third kappa shape index (κ3) is 9.32. The van der Waals surface area contributed by atoms with Crippen LogP contribution in [0.2, 0.25) is 0 Å². The van der Waals surface area contributed by atoms with Gasteiger partial charge in [-0.05, 0) is 73.2 Å². The van der Waals surface area contributed by atoms with Crippen LogP contribution in [-0.4, -0.2) is 49.8 Å². The summed E-state index contributed by atoms with van der Waals surface area (Å²) in [5.41, 5.74) is 1.09. The van der Waals surface area contributed by atoms with Gasteiger partial charge in [0.15, 0.2) is 17.1 Å². The quantitative estimate of drug-likeness (QED) is 0.0411. The smallest absolute Gasteiger partial charge is 0.744 e. The summed E-state index contributed by atoms with van der Waals surface area (Å²) in [6.45, 7) is 3.53. The minimum absolute atomic E-state index is 0. The first kappa shape index (κ1) is 47.5. The van der Waals surface area contributed by atoms with Crippen LogP contribution in [0.25, 0.3) is 60.8 Å². The molecular weight excluding hydrogens is 931 g/mol. The molecule has 0 saturated heterocycles. The van der Waals surface area contributed by atoms with E-state index < -0.39 is 52.3 Å². The third-order valence-electron chi connectivity index (χ3n) is 9.64. The first-order valence-corrected chi connectivity index (χ1v) is 23.0. The van der Waals surface area contributed by atoms with Crippen molar-refractivity contribution in [3.8, 4) is 28.6 Å². The van der Waals surface area contributed by atoms with E-state index in [0.717, 1.165) is 39.5 Å². The number of nitrogens with zero attached hydrogens (tertiary/aromatic N) is 4. The van der Waals surface area contributed by atoms with Crippen molar-refractivity contribution in [3.05, 3.63) is 132 Å². The fourth-order valence-electron chi connectivity index (χ4n) is 6.66. The molecule has 0 radical (unpaired) electrons. The van der Waals surface area contributed by atoms with E-state index in [1.807, 2.05) is 18.2 Å². The predicted octanol–water partition coefficient (Wildman–Crippen LogP) is 0.830. The summed E-state index contributed by atoms with van der Waals surface area (Å²) >= 11 is 0.515. The number of oxazole rings is 1. The number of rotatable bonds is 12. The van der Waals surface area contributed by atoms with Crippen LogP contribution in [0, 0.1) is 13.8 Å². The second-order valence-electron chi connectivity index (χ2n) is 13.8. The molecule has 17 nitrogen and oxygen atoms in total. The van der Waals surface area contributed by atoms with E-state index in [-0.39, 0.29) is 107 Å². The maximum Gasteiger partial charge on any atom is 1.00 e. The molecule has 0 N–H and O–H groups in total. The topological polar surface area (TPSA) is 242 Å². The molecule has 2 aromatic heterocycles. The second-order valence-corrected chi connectivity index (χ2v) is 19.0. The zero-order valence-corrected chi connectivity index (χ0v) is 41.0. The molecular formula is C41H26N4Na2O13S4. The molecule has 23 heteroatoms.